The van der Waals surface area contributed by atoms with Crippen LogP contribution in [0.2, 0.25) is 0 Å². The van der Waals surface area contributed by atoms with Gasteiger partial charge in [-0.3, -0.25) is 4.79 Å². The van der Waals surface area contributed by atoms with Gasteiger partial charge in [0, 0.05) is 12.1 Å². The van der Waals surface area contributed by atoms with Crippen molar-refractivity contribution >= 4 is 22.6 Å². The molecule has 4 rings (SSSR count). The number of nitrogens with one attached hydrogen (secondary N) is 1. The number of hydrogen-bond donors (Lipinski definition) is 1. The fraction of sp³-hybridized carbons (Fsp3) is 0.526. The summed E-state index contributed by atoms with van der Waals surface area (Å²) in [7, 11) is 0. The summed E-state index contributed by atoms with van der Waals surface area (Å²) in [5, 5.41) is 3.05. The molecule has 1 heterocycles. The van der Waals surface area contributed by atoms with Crippen molar-refractivity contribution in [1.29, 1.82) is 0 Å². The van der Waals surface area contributed by atoms with Crippen LogP contribution < -0.4 is 5.32 Å². The summed E-state index contributed by atoms with van der Waals surface area (Å²) in [6.45, 7) is 3.93. The lowest BCUT2D eigenvalue weighted by molar-refractivity contribution is -0.117. The number of carbonyl (C=O) groups is 1. The molecular weight excluding hydrogens is 286 g/mol. The first-order valence-electron chi connectivity index (χ1n) is 8.63. The van der Waals surface area contributed by atoms with Gasteiger partial charge < -0.3 is 5.32 Å². The Kier molecular flexibility index (Phi) is 3.55. The average molecular weight is 309 g/mol. The highest BCUT2D eigenvalue weighted by Gasteiger charge is 2.40. The van der Waals surface area contributed by atoms with E-state index in [-0.39, 0.29) is 5.91 Å². The van der Waals surface area contributed by atoms with E-state index in [1.165, 1.54) is 25.7 Å². The third kappa shape index (κ3) is 2.82. The maximum absolute atomic E-state index is 12.4. The largest absolute Gasteiger partial charge is 0.326 e. The average Bonchev–Trinajstić information content (AvgIpc) is 3.11. The van der Waals surface area contributed by atoms with Crippen molar-refractivity contribution < 1.29 is 4.79 Å². The van der Waals surface area contributed by atoms with Crippen molar-refractivity contribution in [2.24, 2.45) is 17.8 Å². The van der Waals surface area contributed by atoms with Crippen LogP contribution in [0.3, 0.4) is 0 Å². The lowest BCUT2D eigenvalue weighted by Gasteiger charge is -2.20. The van der Waals surface area contributed by atoms with Gasteiger partial charge in [0.25, 0.3) is 0 Å². The second-order valence-electron chi connectivity index (χ2n) is 7.29. The van der Waals surface area contributed by atoms with Crippen LogP contribution >= 0.6 is 0 Å². The molecule has 0 saturated heterocycles. The highest BCUT2D eigenvalue weighted by molar-refractivity contribution is 5.93. The summed E-state index contributed by atoms with van der Waals surface area (Å²) in [4.78, 5) is 21.4. The van der Waals surface area contributed by atoms with Crippen LogP contribution in [0.4, 0.5) is 5.69 Å². The Morgan fingerprint density at radius 1 is 1.13 bits per heavy atom. The van der Waals surface area contributed by atoms with Crippen molar-refractivity contribution in [3.8, 4) is 0 Å². The highest BCUT2D eigenvalue weighted by Crippen LogP contribution is 2.49. The number of hydrogen-bond acceptors (Lipinski definition) is 3. The van der Waals surface area contributed by atoms with E-state index in [0.29, 0.717) is 12.3 Å². The minimum absolute atomic E-state index is 0.138. The van der Waals surface area contributed by atoms with Crippen molar-refractivity contribution in [2.45, 2.75) is 46.0 Å². The number of anilines is 1. The van der Waals surface area contributed by atoms with Crippen LogP contribution in [-0.4, -0.2) is 15.9 Å². The molecule has 1 aromatic carbocycles. The number of benzene rings is 1. The van der Waals surface area contributed by atoms with Crippen molar-refractivity contribution in [1.82, 2.24) is 9.97 Å². The lowest BCUT2D eigenvalue weighted by Crippen LogP contribution is -2.20. The highest BCUT2D eigenvalue weighted by atomic mass is 16.1. The molecule has 1 aromatic heterocycles. The molecule has 3 atom stereocenters. The molecule has 0 spiro atoms. The summed E-state index contributed by atoms with van der Waals surface area (Å²) in [6, 6.07) is 5.78. The molecule has 1 N–H and O–H groups in total. The molecule has 0 unspecified atom stereocenters. The number of carbonyl (C=O) groups excluding carboxylic acids is 1. The summed E-state index contributed by atoms with van der Waals surface area (Å²) in [5.74, 6) is 2.41. The fourth-order valence-corrected chi connectivity index (χ4v) is 4.39. The molecule has 0 radical (unpaired) electrons. The van der Waals surface area contributed by atoms with Crippen molar-refractivity contribution in [2.75, 3.05) is 5.32 Å². The zero-order valence-corrected chi connectivity index (χ0v) is 13.8. The third-order valence-corrected chi connectivity index (χ3v) is 5.69. The van der Waals surface area contributed by atoms with Crippen LogP contribution in [0.5, 0.6) is 0 Å². The quantitative estimate of drug-likeness (QED) is 0.932. The molecule has 2 aliphatic carbocycles. The zero-order valence-electron chi connectivity index (χ0n) is 13.8. The number of aryl methyl sites for hydroxylation is 2. The van der Waals surface area contributed by atoms with Gasteiger partial charge in [-0.2, -0.15) is 0 Å². The Morgan fingerprint density at radius 2 is 1.91 bits per heavy atom. The SMILES string of the molecule is Cc1nc2ccc(NC(=O)C[C@H]3C[C@@H]4CC[C@@H]3C4)cc2nc1C. The van der Waals surface area contributed by atoms with Crippen molar-refractivity contribution in [3.63, 3.8) is 0 Å². The second-order valence-corrected chi connectivity index (χ2v) is 7.29. The second kappa shape index (κ2) is 5.59. The van der Waals surface area contributed by atoms with Crippen LogP contribution in [-0.2, 0) is 4.79 Å². The van der Waals surface area contributed by atoms with Gasteiger partial charge in [-0.15, -0.1) is 0 Å². The van der Waals surface area contributed by atoms with Gasteiger partial charge in [0.2, 0.25) is 5.91 Å². The molecule has 4 nitrogen and oxygen atoms in total. The molecule has 2 fully saturated rings. The first kappa shape index (κ1) is 14.6. The maximum atomic E-state index is 12.4. The lowest BCUT2D eigenvalue weighted by atomic mass is 9.86. The first-order valence-corrected chi connectivity index (χ1v) is 8.63. The van der Waals surface area contributed by atoms with E-state index in [1.807, 2.05) is 32.0 Å². The molecule has 2 aliphatic rings. The fourth-order valence-electron chi connectivity index (χ4n) is 4.39. The van der Waals surface area contributed by atoms with E-state index in [4.69, 9.17) is 0 Å². The van der Waals surface area contributed by atoms with Gasteiger partial charge in [-0.1, -0.05) is 6.42 Å². The monoisotopic (exact) mass is 309 g/mol. The summed E-state index contributed by atoms with van der Waals surface area (Å²) >= 11 is 0. The Labute approximate surface area is 136 Å². The van der Waals surface area contributed by atoms with E-state index in [9.17, 15) is 4.79 Å². The maximum Gasteiger partial charge on any atom is 0.224 e. The van der Waals surface area contributed by atoms with Gasteiger partial charge in [0.1, 0.15) is 0 Å². The number of nitrogens with zero attached hydrogens (tertiary/aromatic N) is 2. The van der Waals surface area contributed by atoms with E-state index in [0.717, 1.165) is 39.9 Å². The predicted octanol–water partition coefficient (Wildman–Crippen LogP) is 4.01. The third-order valence-electron chi connectivity index (χ3n) is 5.69. The standard InChI is InChI=1S/C19H23N3O/c1-11-12(2)21-18-10-16(5-6-17(18)20-11)22-19(23)9-15-8-13-3-4-14(15)7-13/h5-6,10,13-15H,3-4,7-9H2,1-2H3,(H,22,23)/t13-,14-,15-/m1/s1. The zero-order chi connectivity index (χ0) is 16.0. The molecule has 2 saturated carbocycles. The van der Waals surface area contributed by atoms with Crippen LogP contribution in [0, 0.1) is 31.6 Å². The number of amides is 1. The minimum Gasteiger partial charge on any atom is -0.326 e. The van der Waals surface area contributed by atoms with Crippen LogP contribution in [0.1, 0.15) is 43.5 Å². The molecule has 1 amide bonds. The number of fused-ring (bicyclic) bond motifs is 3. The van der Waals surface area contributed by atoms with E-state index >= 15 is 0 Å². The van der Waals surface area contributed by atoms with Crippen LogP contribution in [0.15, 0.2) is 18.2 Å². The van der Waals surface area contributed by atoms with Gasteiger partial charge >= 0.3 is 0 Å². The molecular formula is C19H23N3O. The van der Waals surface area contributed by atoms with Gasteiger partial charge in [-0.05, 0) is 69.1 Å². The molecule has 2 bridgehead atoms. The summed E-state index contributed by atoms with van der Waals surface area (Å²) in [5.41, 5.74) is 4.42. The smallest absolute Gasteiger partial charge is 0.224 e. The Bertz CT molecular complexity index is 771. The van der Waals surface area contributed by atoms with Crippen molar-refractivity contribution in [3.05, 3.63) is 29.6 Å². The van der Waals surface area contributed by atoms with E-state index < -0.39 is 0 Å². The molecule has 4 heteroatoms. The molecule has 23 heavy (non-hydrogen) atoms. The predicted molar refractivity (Wildman–Crippen MR) is 91.2 cm³/mol. The number of rotatable bonds is 3. The van der Waals surface area contributed by atoms with Gasteiger partial charge in [-0.25, -0.2) is 9.97 Å². The van der Waals surface area contributed by atoms with Gasteiger partial charge in [0.15, 0.2) is 0 Å². The van der Waals surface area contributed by atoms with E-state index in [1.54, 1.807) is 0 Å². The Balaban J connectivity index is 1.46. The number of aromatic nitrogens is 2. The normalized spacial score (nSPS) is 25.9. The molecule has 2 aromatic rings. The molecule has 120 valence electrons. The minimum atomic E-state index is 0.138. The van der Waals surface area contributed by atoms with Crippen LogP contribution in [0.25, 0.3) is 11.0 Å². The Morgan fingerprint density at radius 3 is 2.61 bits per heavy atom. The molecule has 0 aliphatic heterocycles. The van der Waals surface area contributed by atoms with E-state index in [2.05, 4.69) is 15.3 Å². The topological polar surface area (TPSA) is 54.9 Å². The summed E-state index contributed by atoms with van der Waals surface area (Å²) in [6.07, 6.45) is 5.97. The summed E-state index contributed by atoms with van der Waals surface area (Å²) < 4.78 is 0. The Hall–Kier alpha value is -1.97. The first-order chi connectivity index (χ1) is 11.1. The van der Waals surface area contributed by atoms with Gasteiger partial charge in [0.05, 0.1) is 22.4 Å².